The third kappa shape index (κ3) is 2.93. The van der Waals surface area contributed by atoms with Gasteiger partial charge in [-0.2, -0.15) is 0 Å². The van der Waals surface area contributed by atoms with Crippen LogP contribution in [0.4, 0.5) is 0 Å². The predicted octanol–water partition coefficient (Wildman–Crippen LogP) is 1.88. The van der Waals surface area contributed by atoms with Crippen molar-refractivity contribution in [2.45, 2.75) is 32.2 Å². The van der Waals surface area contributed by atoms with Gasteiger partial charge in [0.05, 0.1) is 18.6 Å². The van der Waals surface area contributed by atoms with E-state index >= 15 is 0 Å². The van der Waals surface area contributed by atoms with E-state index in [9.17, 15) is 9.59 Å². The predicted molar refractivity (Wildman–Crippen MR) is 82.4 cm³/mol. The van der Waals surface area contributed by atoms with Crippen LogP contribution in [0, 0.1) is 5.92 Å². The van der Waals surface area contributed by atoms with Gasteiger partial charge in [-0.1, -0.05) is 18.2 Å². The van der Waals surface area contributed by atoms with Crippen LogP contribution in [0.3, 0.4) is 0 Å². The number of ether oxygens (including phenoxy) is 1. The van der Waals surface area contributed by atoms with Crippen LogP contribution in [0.5, 0.6) is 5.75 Å². The van der Waals surface area contributed by atoms with Crippen molar-refractivity contribution in [1.82, 2.24) is 10.2 Å². The maximum absolute atomic E-state index is 12.5. The van der Waals surface area contributed by atoms with Crippen molar-refractivity contribution in [3.63, 3.8) is 0 Å². The Hall–Kier alpha value is -2.04. The first-order valence-corrected chi connectivity index (χ1v) is 7.99. The van der Waals surface area contributed by atoms with Gasteiger partial charge in [-0.15, -0.1) is 0 Å². The SMILES string of the molecule is CCN1C[C@H](C(=O)N[C@@H]2CCCOc3ccccc32)CC1=O. The maximum atomic E-state index is 12.5. The van der Waals surface area contributed by atoms with E-state index in [1.54, 1.807) is 4.90 Å². The van der Waals surface area contributed by atoms with Crippen molar-refractivity contribution in [3.05, 3.63) is 29.8 Å². The molecular weight excluding hydrogens is 280 g/mol. The summed E-state index contributed by atoms with van der Waals surface area (Å²) >= 11 is 0. The third-order valence-corrected chi connectivity index (χ3v) is 4.47. The van der Waals surface area contributed by atoms with Gasteiger partial charge in [0.15, 0.2) is 0 Å². The fraction of sp³-hybridized carbons (Fsp3) is 0.529. The van der Waals surface area contributed by atoms with Gasteiger partial charge in [-0.3, -0.25) is 9.59 Å². The second kappa shape index (κ2) is 6.38. The van der Waals surface area contributed by atoms with Crippen molar-refractivity contribution in [2.75, 3.05) is 19.7 Å². The summed E-state index contributed by atoms with van der Waals surface area (Å²) in [5, 5.41) is 3.12. The first-order chi connectivity index (χ1) is 10.7. The number of para-hydroxylation sites is 1. The Morgan fingerprint density at radius 1 is 1.41 bits per heavy atom. The second-order valence-electron chi connectivity index (χ2n) is 5.92. The van der Waals surface area contributed by atoms with Gasteiger partial charge in [-0.25, -0.2) is 0 Å². The van der Waals surface area contributed by atoms with E-state index < -0.39 is 0 Å². The first kappa shape index (κ1) is 14.9. The molecule has 0 unspecified atom stereocenters. The molecule has 1 N–H and O–H groups in total. The number of nitrogens with one attached hydrogen (secondary N) is 1. The zero-order chi connectivity index (χ0) is 15.5. The molecule has 5 nitrogen and oxygen atoms in total. The molecule has 3 rings (SSSR count). The largest absolute Gasteiger partial charge is 0.493 e. The van der Waals surface area contributed by atoms with Gasteiger partial charge in [0, 0.05) is 25.1 Å². The summed E-state index contributed by atoms with van der Waals surface area (Å²) in [5.41, 5.74) is 1.03. The molecule has 22 heavy (non-hydrogen) atoms. The number of carbonyl (C=O) groups excluding carboxylic acids is 2. The third-order valence-electron chi connectivity index (χ3n) is 4.47. The van der Waals surface area contributed by atoms with Crippen molar-refractivity contribution in [2.24, 2.45) is 5.92 Å². The van der Waals surface area contributed by atoms with E-state index in [0.29, 0.717) is 26.1 Å². The molecule has 2 aliphatic heterocycles. The zero-order valence-electron chi connectivity index (χ0n) is 12.9. The fourth-order valence-electron chi connectivity index (χ4n) is 3.22. The van der Waals surface area contributed by atoms with Gasteiger partial charge in [0.2, 0.25) is 11.8 Å². The average Bonchev–Trinajstić information content (AvgIpc) is 2.79. The molecular formula is C17H22N2O3. The molecule has 2 aliphatic rings. The number of amides is 2. The first-order valence-electron chi connectivity index (χ1n) is 7.99. The van der Waals surface area contributed by atoms with Gasteiger partial charge in [-0.05, 0) is 25.8 Å². The van der Waals surface area contributed by atoms with Crippen LogP contribution in [-0.2, 0) is 9.59 Å². The van der Waals surface area contributed by atoms with Crippen LogP contribution in [0.1, 0.15) is 37.8 Å². The fourth-order valence-corrected chi connectivity index (χ4v) is 3.22. The standard InChI is InChI=1S/C17H22N2O3/c1-2-19-11-12(10-16(19)20)17(21)18-14-7-5-9-22-15-8-4-3-6-13(14)15/h3-4,6,8,12,14H,2,5,7,9-11H2,1H3,(H,18,21)/t12-,14-/m1/s1. The molecule has 0 bridgehead atoms. The van der Waals surface area contributed by atoms with E-state index in [4.69, 9.17) is 4.74 Å². The number of benzene rings is 1. The molecule has 2 heterocycles. The summed E-state index contributed by atoms with van der Waals surface area (Å²) in [6.45, 7) is 3.82. The Labute approximate surface area is 130 Å². The van der Waals surface area contributed by atoms with E-state index in [0.717, 1.165) is 24.2 Å². The molecule has 2 amide bonds. The number of likely N-dealkylation sites (tertiary alicyclic amines) is 1. The Morgan fingerprint density at radius 2 is 2.23 bits per heavy atom. The van der Waals surface area contributed by atoms with E-state index in [-0.39, 0.29) is 23.8 Å². The van der Waals surface area contributed by atoms with E-state index in [2.05, 4.69) is 5.32 Å². The topological polar surface area (TPSA) is 58.6 Å². The molecule has 1 aromatic carbocycles. The molecule has 0 aromatic heterocycles. The summed E-state index contributed by atoms with van der Waals surface area (Å²) in [5.74, 6) is 0.671. The lowest BCUT2D eigenvalue weighted by Gasteiger charge is -2.20. The lowest BCUT2D eigenvalue weighted by atomic mass is 10.0. The summed E-state index contributed by atoms with van der Waals surface area (Å²) in [4.78, 5) is 26.0. The number of fused-ring (bicyclic) bond motifs is 1. The second-order valence-corrected chi connectivity index (χ2v) is 5.92. The lowest BCUT2D eigenvalue weighted by molar-refractivity contribution is -0.129. The number of nitrogens with zero attached hydrogens (tertiary/aromatic N) is 1. The van der Waals surface area contributed by atoms with E-state index in [1.807, 2.05) is 31.2 Å². The smallest absolute Gasteiger partial charge is 0.225 e. The van der Waals surface area contributed by atoms with Crippen LogP contribution in [0.15, 0.2) is 24.3 Å². The molecule has 0 aliphatic carbocycles. The van der Waals surface area contributed by atoms with Crippen LogP contribution in [-0.4, -0.2) is 36.4 Å². The highest BCUT2D eigenvalue weighted by molar-refractivity contribution is 5.89. The number of rotatable bonds is 3. The van der Waals surface area contributed by atoms with E-state index in [1.165, 1.54) is 0 Å². The minimum absolute atomic E-state index is 0.0222. The minimum atomic E-state index is -0.233. The highest BCUT2D eigenvalue weighted by Crippen LogP contribution is 2.31. The molecule has 2 atom stereocenters. The molecule has 1 fully saturated rings. The van der Waals surface area contributed by atoms with Gasteiger partial charge in [0.25, 0.3) is 0 Å². The molecule has 5 heteroatoms. The molecule has 0 saturated carbocycles. The Balaban J connectivity index is 1.70. The van der Waals surface area contributed by atoms with Crippen LogP contribution in [0.2, 0.25) is 0 Å². The summed E-state index contributed by atoms with van der Waals surface area (Å²) in [6, 6.07) is 7.82. The summed E-state index contributed by atoms with van der Waals surface area (Å²) < 4.78 is 5.72. The van der Waals surface area contributed by atoms with Crippen LogP contribution < -0.4 is 10.1 Å². The molecule has 0 radical (unpaired) electrons. The normalized spacial score (nSPS) is 24.4. The van der Waals surface area contributed by atoms with Gasteiger partial charge >= 0.3 is 0 Å². The zero-order valence-corrected chi connectivity index (χ0v) is 12.9. The van der Waals surface area contributed by atoms with Crippen LogP contribution >= 0.6 is 0 Å². The molecule has 1 saturated heterocycles. The monoisotopic (exact) mass is 302 g/mol. The summed E-state index contributed by atoms with van der Waals surface area (Å²) in [6.07, 6.45) is 2.09. The van der Waals surface area contributed by atoms with Gasteiger partial charge < -0.3 is 15.0 Å². The average molecular weight is 302 g/mol. The quantitative estimate of drug-likeness (QED) is 0.927. The molecule has 118 valence electrons. The van der Waals surface area contributed by atoms with Crippen molar-refractivity contribution in [1.29, 1.82) is 0 Å². The highest BCUT2D eigenvalue weighted by atomic mass is 16.5. The highest BCUT2D eigenvalue weighted by Gasteiger charge is 2.34. The van der Waals surface area contributed by atoms with Gasteiger partial charge in [0.1, 0.15) is 5.75 Å². The maximum Gasteiger partial charge on any atom is 0.225 e. The number of hydrogen-bond donors (Lipinski definition) is 1. The summed E-state index contributed by atoms with van der Waals surface area (Å²) in [7, 11) is 0. The van der Waals surface area contributed by atoms with Crippen LogP contribution in [0.25, 0.3) is 0 Å². The van der Waals surface area contributed by atoms with Crippen molar-refractivity contribution >= 4 is 11.8 Å². The lowest BCUT2D eigenvalue weighted by Crippen LogP contribution is -2.35. The van der Waals surface area contributed by atoms with Crippen molar-refractivity contribution in [3.8, 4) is 5.75 Å². The Kier molecular flexibility index (Phi) is 4.32. The van der Waals surface area contributed by atoms with Crippen molar-refractivity contribution < 1.29 is 14.3 Å². The molecule has 0 spiro atoms. The Morgan fingerprint density at radius 3 is 3.00 bits per heavy atom. The molecule has 1 aromatic rings. The number of carbonyl (C=O) groups is 2. The Bertz CT molecular complexity index is 573. The minimum Gasteiger partial charge on any atom is -0.493 e. The number of hydrogen-bond acceptors (Lipinski definition) is 3.